The lowest BCUT2D eigenvalue weighted by atomic mass is 10.1. The zero-order valence-corrected chi connectivity index (χ0v) is 16.2. The number of rotatable bonds is 5. The molecule has 0 bridgehead atoms. The van der Waals surface area contributed by atoms with Crippen LogP contribution in [0.5, 0.6) is 0 Å². The van der Waals surface area contributed by atoms with Crippen LogP contribution in [0.2, 0.25) is 5.02 Å². The fraction of sp³-hybridized carbons (Fsp3) is 0.263. The molecule has 2 aromatic carbocycles. The highest BCUT2D eigenvalue weighted by Crippen LogP contribution is 2.25. The zero-order valence-electron chi connectivity index (χ0n) is 14.6. The fourth-order valence-corrected chi connectivity index (χ4v) is 3.79. The second kappa shape index (κ2) is 7.70. The van der Waals surface area contributed by atoms with Crippen LogP contribution in [0.15, 0.2) is 41.3 Å². The molecule has 0 aromatic heterocycles. The van der Waals surface area contributed by atoms with E-state index < -0.39 is 28.3 Å². The average molecular weight is 408 g/mol. The molecule has 1 amide bonds. The summed E-state index contributed by atoms with van der Waals surface area (Å²) in [7, 11) is -3.50. The van der Waals surface area contributed by atoms with Crippen LogP contribution in [0.4, 0.5) is 5.69 Å². The number of hydrogen-bond donors (Lipinski definition) is 1. The number of carbonyl (C=O) groups excluding carboxylic acids is 2. The molecule has 0 fully saturated rings. The molecule has 0 heterocycles. The highest BCUT2D eigenvalue weighted by Gasteiger charge is 2.18. The monoisotopic (exact) mass is 407 g/mol. The number of ether oxygens (including phenoxy) is 1. The van der Waals surface area contributed by atoms with E-state index in [0.717, 1.165) is 31.6 Å². The standard InChI is InChI=1S/C19H18ClNO5S/c1-27(24,25)15-7-8-17(20)16(10-15)19(23)26-11-18(22)21-14-6-5-12-3-2-4-13(12)9-14/h5-10H,2-4,11H2,1H3,(H,21,22). The molecule has 0 spiro atoms. The van der Waals surface area contributed by atoms with Gasteiger partial charge in [-0.15, -0.1) is 0 Å². The van der Waals surface area contributed by atoms with Crippen molar-refractivity contribution in [3.05, 3.63) is 58.1 Å². The van der Waals surface area contributed by atoms with Gasteiger partial charge in [0, 0.05) is 11.9 Å². The van der Waals surface area contributed by atoms with Gasteiger partial charge in [0.25, 0.3) is 5.91 Å². The Morgan fingerprint density at radius 1 is 1.11 bits per heavy atom. The van der Waals surface area contributed by atoms with E-state index in [2.05, 4.69) is 5.32 Å². The Hall–Kier alpha value is -2.38. The van der Waals surface area contributed by atoms with Crippen LogP contribution >= 0.6 is 11.6 Å². The number of fused-ring (bicyclic) bond motifs is 1. The van der Waals surface area contributed by atoms with Gasteiger partial charge in [0.15, 0.2) is 16.4 Å². The predicted octanol–water partition coefficient (Wildman–Crippen LogP) is 3.03. The summed E-state index contributed by atoms with van der Waals surface area (Å²) >= 11 is 5.94. The number of aryl methyl sites for hydroxylation is 2. The summed E-state index contributed by atoms with van der Waals surface area (Å²) in [5, 5.41) is 2.73. The van der Waals surface area contributed by atoms with Gasteiger partial charge in [-0.05, 0) is 60.7 Å². The molecule has 0 atom stereocenters. The first-order valence-corrected chi connectivity index (χ1v) is 10.6. The number of hydrogen-bond acceptors (Lipinski definition) is 5. The molecule has 3 rings (SSSR count). The first-order chi connectivity index (χ1) is 12.7. The summed E-state index contributed by atoms with van der Waals surface area (Å²) in [5.41, 5.74) is 3.05. The van der Waals surface area contributed by atoms with E-state index in [-0.39, 0.29) is 15.5 Å². The lowest BCUT2D eigenvalue weighted by molar-refractivity contribution is -0.119. The van der Waals surface area contributed by atoms with Gasteiger partial charge in [-0.25, -0.2) is 13.2 Å². The van der Waals surface area contributed by atoms with Crippen molar-refractivity contribution in [2.75, 3.05) is 18.2 Å². The molecule has 142 valence electrons. The molecule has 0 aliphatic heterocycles. The molecule has 0 saturated carbocycles. The molecular weight excluding hydrogens is 390 g/mol. The third-order valence-corrected chi connectivity index (χ3v) is 5.74. The van der Waals surface area contributed by atoms with Crippen molar-refractivity contribution in [1.82, 2.24) is 0 Å². The first-order valence-electron chi connectivity index (χ1n) is 8.32. The number of sulfone groups is 1. The third-order valence-electron chi connectivity index (χ3n) is 4.30. The Morgan fingerprint density at radius 2 is 1.85 bits per heavy atom. The van der Waals surface area contributed by atoms with Gasteiger partial charge in [-0.3, -0.25) is 4.79 Å². The number of benzene rings is 2. The molecule has 6 nitrogen and oxygen atoms in total. The van der Waals surface area contributed by atoms with Crippen molar-refractivity contribution in [3.63, 3.8) is 0 Å². The van der Waals surface area contributed by atoms with Crippen molar-refractivity contribution in [2.45, 2.75) is 24.2 Å². The summed E-state index contributed by atoms with van der Waals surface area (Å²) < 4.78 is 28.2. The Morgan fingerprint density at radius 3 is 2.59 bits per heavy atom. The van der Waals surface area contributed by atoms with Gasteiger partial charge in [-0.1, -0.05) is 17.7 Å². The SMILES string of the molecule is CS(=O)(=O)c1ccc(Cl)c(C(=O)OCC(=O)Nc2ccc3c(c2)CCC3)c1. The van der Waals surface area contributed by atoms with Gasteiger partial charge in [0.2, 0.25) is 0 Å². The number of amides is 1. The molecule has 0 radical (unpaired) electrons. The van der Waals surface area contributed by atoms with Gasteiger partial charge < -0.3 is 10.1 Å². The topological polar surface area (TPSA) is 89.5 Å². The van der Waals surface area contributed by atoms with E-state index >= 15 is 0 Å². The highest BCUT2D eigenvalue weighted by atomic mass is 35.5. The lowest BCUT2D eigenvalue weighted by Crippen LogP contribution is -2.21. The van der Waals surface area contributed by atoms with E-state index in [1.807, 2.05) is 18.2 Å². The maximum Gasteiger partial charge on any atom is 0.340 e. The Kier molecular flexibility index (Phi) is 5.53. The normalized spacial score (nSPS) is 13.1. The zero-order chi connectivity index (χ0) is 19.6. The number of carbonyl (C=O) groups is 2. The van der Waals surface area contributed by atoms with Crippen LogP contribution < -0.4 is 5.32 Å². The van der Waals surface area contributed by atoms with Gasteiger partial charge in [-0.2, -0.15) is 0 Å². The minimum absolute atomic E-state index is 0.0476. The second-order valence-electron chi connectivity index (χ2n) is 6.38. The summed E-state index contributed by atoms with van der Waals surface area (Å²) in [6.45, 7) is -0.505. The van der Waals surface area contributed by atoms with E-state index in [1.54, 1.807) is 0 Å². The van der Waals surface area contributed by atoms with Crippen LogP contribution in [0.3, 0.4) is 0 Å². The molecule has 0 saturated heterocycles. The molecule has 1 N–H and O–H groups in total. The summed E-state index contributed by atoms with van der Waals surface area (Å²) in [4.78, 5) is 24.2. The Bertz CT molecular complexity index is 1020. The maximum atomic E-state index is 12.2. The van der Waals surface area contributed by atoms with E-state index in [0.29, 0.717) is 5.69 Å². The van der Waals surface area contributed by atoms with Crippen LogP contribution in [0, 0.1) is 0 Å². The summed E-state index contributed by atoms with van der Waals surface area (Å²) in [6, 6.07) is 9.47. The summed E-state index contributed by atoms with van der Waals surface area (Å²) in [6.07, 6.45) is 4.17. The average Bonchev–Trinajstić information content (AvgIpc) is 3.06. The van der Waals surface area contributed by atoms with Crippen molar-refractivity contribution in [2.24, 2.45) is 0 Å². The van der Waals surface area contributed by atoms with Crippen molar-refractivity contribution < 1.29 is 22.7 Å². The van der Waals surface area contributed by atoms with Gasteiger partial charge >= 0.3 is 5.97 Å². The first kappa shape index (κ1) is 19.4. The van der Waals surface area contributed by atoms with Gasteiger partial charge in [0.1, 0.15) is 0 Å². The van der Waals surface area contributed by atoms with Crippen LogP contribution in [0.1, 0.15) is 27.9 Å². The predicted molar refractivity (Wildman–Crippen MR) is 102 cm³/mol. The van der Waals surface area contributed by atoms with E-state index in [4.69, 9.17) is 16.3 Å². The van der Waals surface area contributed by atoms with Crippen molar-refractivity contribution in [1.29, 1.82) is 0 Å². The quantitative estimate of drug-likeness (QED) is 0.769. The Balaban J connectivity index is 1.63. The number of halogens is 1. The minimum atomic E-state index is -3.50. The molecule has 8 heteroatoms. The van der Waals surface area contributed by atoms with E-state index in [1.165, 1.54) is 23.3 Å². The molecule has 1 aliphatic carbocycles. The lowest BCUT2D eigenvalue weighted by Gasteiger charge is -2.09. The molecule has 1 aliphatic rings. The fourth-order valence-electron chi connectivity index (χ4n) is 2.95. The van der Waals surface area contributed by atoms with Crippen molar-refractivity contribution in [3.8, 4) is 0 Å². The highest BCUT2D eigenvalue weighted by molar-refractivity contribution is 7.90. The van der Waals surface area contributed by atoms with Crippen LogP contribution in [-0.4, -0.2) is 33.2 Å². The number of anilines is 1. The third kappa shape index (κ3) is 4.67. The Labute approximate surface area is 162 Å². The molecular formula is C19H18ClNO5S. The number of nitrogens with one attached hydrogen (secondary N) is 1. The largest absolute Gasteiger partial charge is 0.452 e. The van der Waals surface area contributed by atoms with E-state index in [9.17, 15) is 18.0 Å². The smallest absolute Gasteiger partial charge is 0.340 e. The minimum Gasteiger partial charge on any atom is -0.452 e. The molecule has 0 unspecified atom stereocenters. The maximum absolute atomic E-state index is 12.2. The summed E-state index contributed by atoms with van der Waals surface area (Å²) in [5.74, 6) is -1.36. The van der Waals surface area contributed by atoms with Crippen molar-refractivity contribution >= 4 is 39.0 Å². The molecule has 27 heavy (non-hydrogen) atoms. The van der Waals surface area contributed by atoms with Crippen LogP contribution in [-0.2, 0) is 32.2 Å². The van der Waals surface area contributed by atoms with Crippen LogP contribution in [0.25, 0.3) is 0 Å². The molecule has 2 aromatic rings. The van der Waals surface area contributed by atoms with Gasteiger partial charge in [0.05, 0.1) is 15.5 Å². The number of esters is 1. The second-order valence-corrected chi connectivity index (χ2v) is 8.80.